The topological polar surface area (TPSA) is 77.6 Å². The maximum Gasteiger partial charge on any atom is 0.341 e. The summed E-state index contributed by atoms with van der Waals surface area (Å²) in [7, 11) is 3.01. The van der Waals surface area contributed by atoms with Gasteiger partial charge < -0.3 is 14.1 Å². The number of likely N-dealkylation sites (N-methyl/N-ethyl adjacent to an activating group) is 1. The largest absolute Gasteiger partial charge is 0.465 e. The Labute approximate surface area is 157 Å². The summed E-state index contributed by atoms with van der Waals surface area (Å²) in [6.45, 7) is 1.96. The Hall–Kier alpha value is -3.35. The van der Waals surface area contributed by atoms with Gasteiger partial charge in [-0.25, -0.2) is 9.48 Å². The third kappa shape index (κ3) is 4.25. The minimum absolute atomic E-state index is 0.0729. The van der Waals surface area contributed by atoms with E-state index in [1.54, 1.807) is 35.8 Å². The number of aryl methyl sites for hydroxylation is 1. The number of hydrogen-bond donors (Lipinski definition) is 0. The molecule has 27 heavy (non-hydrogen) atoms. The molecule has 0 N–H and O–H groups in total. The van der Waals surface area contributed by atoms with Crippen LogP contribution in [0.3, 0.4) is 0 Å². The number of carbonyl (C=O) groups is 2. The van der Waals surface area contributed by atoms with Gasteiger partial charge in [-0.15, -0.1) is 0 Å². The lowest BCUT2D eigenvalue weighted by atomic mass is 10.2. The molecule has 2 heterocycles. The molecule has 0 bridgehead atoms. The Morgan fingerprint density at radius 1 is 1.26 bits per heavy atom. The van der Waals surface area contributed by atoms with Gasteiger partial charge in [0, 0.05) is 13.2 Å². The first kappa shape index (κ1) is 18.4. The third-order valence-corrected chi connectivity index (χ3v) is 4.21. The number of methoxy groups -OCH3 is 1. The zero-order chi connectivity index (χ0) is 19.4. The Morgan fingerprint density at radius 2 is 2.00 bits per heavy atom. The lowest BCUT2D eigenvalue weighted by Gasteiger charge is -2.15. The number of furan rings is 1. The zero-order valence-corrected chi connectivity index (χ0v) is 15.5. The number of ether oxygens (including phenoxy) is 1. The second-order valence-corrected chi connectivity index (χ2v) is 6.23. The fraction of sp³-hybridized carbons (Fsp3) is 0.250. The number of benzene rings is 1. The van der Waals surface area contributed by atoms with Gasteiger partial charge in [-0.1, -0.05) is 18.2 Å². The standard InChI is InChI=1S/C20H21N3O4/c1-14-18(20(25)26-3)10-17(27-14)13-22(2)19(24)9-15-11-21-23(12-15)16-7-5-4-6-8-16/h4-8,10-12H,9,13H2,1-3H3. The molecule has 3 aromatic rings. The van der Waals surface area contributed by atoms with Gasteiger partial charge in [0.15, 0.2) is 0 Å². The summed E-state index contributed by atoms with van der Waals surface area (Å²) in [4.78, 5) is 25.7. The van der Waals surface area contributed by atoms with Crippen molar-refractivity contribution in [2.45, 2.75) is 19.9 Å². The van der Waals surface area contributed by atoms with Gasteiger partial charge in [-0.05, 0) is 30.7 Å². The third-order valence-electron chi connectivity index (χ3n) is 4.21. The summed E-state index contributed by atoms with van der Waals surface area (Å²) < 4.78 is 12.0. The number of rotatable bonds is 6. The highest BCUT2D eigenvalue weighted by Crippen LogP contribution is 2.17. The lowest BCUT2D eigenvalue weighted by Crippen LogP contribution is -2.27. The predicted octanol–water partition coefficient (Wildman–Crippen LogP) is 2.76. The van der Waals surface area contributed by atoms with Crippen LogP contribution >= 0.6 is 0 Å². The van der Waals surface area contributed by atoms with Crippen molar-refractivity contribution in [3.63, 3.8) is 0 Å². The Balaban J connectivity index is 1.63. The molecular formula is C20H21N3O4. The Bertz CT molecular complexity index is 943. The van der Waals surface area contributed by atoms with E-state index in [4.69, 9.17) is 9.15 Å². The molecule has 0 aliphatic rings. The smallest absolute Gasteiger partial charge is 0.341 e. The summed E-state index contributed by atoms with van der Waals surface area (Å²) in [5, 5.41) is 4.30. The molecule has 0 spiro atoms. The molecule has 0 saturated heterocycles. The van der Waals surface area contributed by atoms with Crippen molar-refractivity contribution in [3.05, 3.63) is 71.4 Å². The Morgan fingerprint density at radius 3 is 2.70 bits per heavy atom. The molecule has 3 rings (SSSR count). The van der Waals surface area contributed by atoms with E-state index in [0.29, 0.717) is 17.1 Å². The highest BCUT2D eigenvalue weighted by molar-refractivity contribution is 5.90. The number of amides is 1. The van der Waals surface area contributed by atoms with Crippen molar-refractivity contribution in [3.8, 4) is 5.69 Å². The van der Waals surface area contributed by atoms with E-state index in [2.05, 4.69) is 5.10 Å². The molecule has 0 unspecified atom stereocenters. The molecular weight excluding hydrogens is 346 g/mol. The van der Waals surface area contributed by atoms with Gasteiger partial charge in [-0.3, -0.25) is 4.79 Å². The lowest BCUT2D eigenvalue weighted by molar-refractivity contribution is -0.129. The van der Waals surface area contributed by atoms with Crippen LogP contribution < -0.4 is 0 Å². The average molecular weight is 367 g/mol. The molecule has 7 nitrogen and oxygen atoms in total. The van der Waals surface area contributed by atoms with Crippen LogP contribution in [0.4, 0.5) is 0 Å². The minimum Gasteiger partial charge on any atom is -0.465 e. The summed E-state index contributed by atoms with van der Waals surface area (Å²) in [6.07, 6.45) is 3.76. The van der Waals surface area contributed by atoms with E-state index in [1.165, 1.54) is 7.11 Å². The summed E-state index contributed by atoms with van der Waals surface area (Å²) in [5.74, 6) is 0.478. The van der Waals surface area contributed by atoms with Crippen molar-refractivity contribution in [2.75, 3.05) is 14.2 Å². The molecule has 1 amide bonds. The van der Waals surface area contributed by atoms with Crippen molar-refractivity contribution in [1.29, 1.82) is 0 Å². The van der Waals surface area contributed by atoms with E-state index < -0.39 is 5.97 Å². The van der Waals surface area contributed by atoms with Crippen molar-refractivity contribution in [1.82, 2.24) is 14.7 Å². The van der Waals surface area contributed by atoms with E-state index in [-0.39, 0.29) is 18.9 Å². The SMILES string of the molecule is COC(=O)c1cc(CN(C)C(=O)Cc2cnn(-c3ccccc3)c2)oc1C. The first-order valence-electron chi connectivity index (χ1n) is 8.48. The monoisotopic (exact) mass is 367 g/mol. The van der Waals surface area contributed by atoms with Crippen LogP contribution in [0.2, 0.25) is 0 Å². The fourth-order valence-electron chi connectivity index (χ4n) is 2.74. The molecule has 1 aromatic carbocycles. The van der Waals surface area contributed by atoms with Crippen LogP contribution in [0.25, 0.3) is 5.69 Å². The molecule has 0 saturated carbocycles. The fourth-order valence-corrected chi connectivity index (χ4v) is 2.74. The van der Waals surface area contributed by atoms with Gasteiger partial charge >= 0.3 is 5.97 Å². The van der Waals surface area contributed by atoms with E-state index >= 15 is 0 Å². The summed E-state index contributed by atoms with van der Waals surface area (Å²) >= 11 is 0. The number of nitrogens with zero attached hydrogens (tertiary/aromatic N) is 3. The molecule has 0 atom stereocenters. The molecule has 0 fully saturated rings. The second kappa shape index (κ2) is 7.90. The van der Waals surface area contributed by atoms with Crippen LogP contribution in [0.15, 0.2) is 53.2 Å². The van der Waals surface area contributed by atoms with Gasteiger partial charge in [0.1, 0.15) is 17.1 Å². The van der Waals surface area contributed by atoms with E-state index in [0.717, 1.165) is 11.3 Å². The second-order valence-electron chi connectivity index (χ2n) is 6.23. The molecule has 7 heteroatoms. The summed E-state index contributed by atoms with van der Waals surface area (Å²) in [6, 6.07) is 11.3. The van der Waals surface area contributed by atoms with Crippen LogP contribution in [0.5, 0.6) is 0 Å². The maximum absolute atomic E-state index is 12.5. The average Bonchev–Trinajstić information content (AvgIpc) is 3.28. The van der Waals surface area contributed by atoms with Crippen LogP contribution in [-0.2, 0) is 22.5 Å². The zero-order valence-electron chi connectivity index (χ0n) is 15.5. The number of aromatic nitrogens is 2. The highest BCUT2D eigenvalue weighted by atomic mass is 16.5. The summed E-state index contributed by atoms with van der Waals surface area (Å²) in [5.41, 5.74) is 2.13. The van der Waals surface area contributed by atoms with Gasteiger partial charge in [0.05, 0.1) is 32.0 Å². The molecule has 0 aliphatic heterocycles. The molecule has 0 radical (unpaired) electrons. The number of carbonyl (C=O) groups excluding carboxylic acids is 2. The molecule has 140 valence electrons. The normalized spacial score (nSPS) is 10.6. The van der Waals surface area contributed by atoms with Crippen molar-refractivity contribution >= 4 is 11.9 Å². The quantitative estimate of drug-likeness (QED) is 0.626. The number of hydrogen-bond acceptors (Lipinski definition) is 5. The van der Waals surface area contributed by atoms with Crippen LogP contribution in [-0.4, -0.2) is 40.7 Å². The van der Waals surface area contributed by atoms with E-state index in [1.807, 2.05) is 36.5 Å². The molecule has 2 aromatic heterocycles. The molecule has 0 aliphatic carbocycles. The van der Waals surface area contributed by atoms with E-state index in [9.17, 15) is 9.59 Å². The highest BCUT2D eigenvalue weighted by Gasteiger charge is 2.18. The first-order valence-corrected chi connectivity index (χ1v) is 8.48. The maximum atomic E-state index is 12.5. The number of esters is 1. The first-order chi connectivity index (χ1) is 13.0. The van der Waals surface area contributed by atoms with Gasteiger partial charge in [0.25, 0.3) is 0 Å². The minimum atomic E-state index is -0.454. The van der Waals surface area contributed by atoms with Crippen LogP contribution in [0, 0.1) is 6.92 Å². The number of para-hydroxylation sites is 1. The van der Waals surface area contributed by atoms with Crippen LogP contribution in [0.1, 0.15) is 27.4 Å². The van der Waals surface area contributed by atoms with Gasteiger partial charge in [0.2, 0.25) is 5.91 Å². The van der Waals surface area contributed by atoms with Crippen molar-refractivity contribution < 1.29 is 18.7 Å². The van der Waals surface area contributed by atoms with Gasteiger partial charge in [-0.2, -0.15) is 5.10 Å². The predicted molar refractivity (Wildman–Crippen MR) is 98.5 cm³/mol. The van der Waals surface area contributed by atoms with Crippen molar-refractivity contribution in [2.24, 2.45) is 0 Å². The Kier molecular flexibility index (Phi) is 5.40.